The molecule has 2 N–H and O–H groups in total. The highest BCUT2D eigenvalue weighted by atomic mass is 16.5. The van der Waals surface area contributed by atoms with Crippen LogP contribution in [0.25, 0.3) is 0 Å². The van der Waals surface area contributed by atoms with Gasteiger partial charge in [-0.2, -0.15) is 0 Å². The molecule has 1 unspecified atom stereocenters. The summed E-state index contributed by atoms with van der Waals surface area (Å²) in [6.07, 6.45) is 0. The molecule has 4 nitrogen and oxygen atoms in total. The Bertz CT molecular complexity index is 344. The van der Waals surface area contributed by atoms with Crippen LogP contribution in [0.3, 0.4) is 0 Å². The number of nitrogens with two attached hydrogens (primary N) is 1. The van der Waals surface area contributed by atoms with Crippen LogP contribution in [0.15, 0.2) is 24.3 Å². The molecular weight excluding hydrogens is 228 g/mol. The van der Waals surface area contributed by atoms with Crippen molar-refractivity contribution in [2.75, 3.05) is 40.5 Å². The zero-order chi connectivity index (χ0) is 13.4. The molecule has 0 fully saturated rings. The first-order valence-electron chi connectivity index (χ1n) is 6.33. The number of rotatable bonds is 8. The van der Waals surface area contributed by atoms with E-state index >= 15 is 0 Å². The van der Waals surface area contributed by atoms with Gasteiger partial charge in [-0.3, -0.25) is 4.90 Å². The van der Waals surface area contributed by atoms with Crippen LogP contribution in [-0.4, -0.2) is 45.4 Å². The maximum atomic E-state index is 5.92. The lowest BCUT2D eigenvalue weighted by molar-refractivity contribution is 0.125. The van der Waals surface area contributed by atoms with E-state index < -0.39 is 0 Å². The van der Waals surface area contributed by atoms with Crippen molar-refractivity contribution in [2.24, 2.45) is 5.73 Å². The van der Waals surface area contributed by atoms with E-state index in [1.54, 1.807) is 14.2 Å². The fourth-order valence-electron chi connectivity index (χ4n) is 2.09. The molecule has 0 saturated carbocycles. The summed E-state index contributed by atoms with van der Waals surface area (Å²) in [7, 11) is 3.40. The number of likely N-dealkylation sites (N-methyl/N-ethyl adjacent to an activating group) is 1. The van der Waals surface area contributed by atoms with Crippen LogP contribution < -0.4 is 10.5 Å². The maximum Gasteiger partial charge on any atom is 0.119 e. The quantitative estimate of drug-likeness (QED) is 0.764. The van der Waals surface area contributed by atoms with Gasteiger partial charge >= 0.3 is 0 Å². The maximum absolute atomic E-state index is 5.92. The Morgan fingerprint density at radius 2 is 2.11 bits per heavy atom. The number of ether oxygens (including phenoxy) is 2. The van der Waals surface area contributed by atoms with Gasteiger partial charge in [0.1, 0.15) is 5.75 Å². The summed E-state index contributed by atoms with van der Waals surface area (Å²) in [6.45, 7) is 5.27. The highest BCUT2D eigenvalue weighted by Gasteiger charge is 2.17. The van der Waals surface area contributed by atoms with Crippen molar-refractivity contribution in [1.29, 1.82) is 0 Å². The normalized spacial score (nSPS) is 12.7. The van der Waals surface area contributed by atoms with Crippen molar-refractivity contribution in [3.8, 4) is 5.75 Å². The standard InChI is InChI=1S/C14H24N2O2/c1-4-16(8-9-17-2)14(11-15)12-6-5-7-13(10-12)18-3/h5-7,10,14H,4,8-9,11,15H2,1-3H3. The second-order valence-electron chi connectivity index (χ2n) is 4.15. The molecule has 0 aliphatic heterocycles. The highest BCUT2D eigenvalue weighted by molar-refractivity contribution is 5.30. The van der Waals surface area contributed by atoms with Gasteiger partial charge in [-0.15, -0.1) is 0 Å². The van der Waals surface area contributed by atoms with Crippen LogP contribution >= 0.6 is 0 Å². The minimum Gasteiger partial charge on any atom is -0.497 e. The molecule has 1 rings (SSSR count). The monoisotopic (exact) mass is 252 g/mol. The Morgan fingerprint density at radius 3 is 2.67 bits per heavy atom. The summed E-state index contributed by atoms with van der Waals surface area (Å²) < 4.78 is 10.4. The van der Waals surface area contributed by atoms with Gasteiger partial charge in [0.15, 0.2) is 0 Å². The molecule has 0 amide bonds. The van der Waals surface area contributed by atoms with Gasteiger partial charge in [0.2, 0.25) is 0 Å². The molecule has 1 aromatic rings. The number of hydrogen-bond donors (Lipinski definition) is 1. The summed E-state index contributed by atoms with van der Waals surface area (Å²) in [5.41, 5.74) is 7.11. The summed E-state index contributed by atoms with van der Waals surface area (Å²) in [5.74, 6) is 0.869. The van der Waals surface area contributed by atoms with E-state index in [1.165, 1.54) is 5.56 Å². The van der Waals surface area contributed by atoms with Crippen LogP contribution in [0.2, 0.25) is 0 Å². The van der Waals surface area contributed by atoms with Crippen molar-refractivity contribution in [2.45, 2.75) is 13.0 Å². The minimum atomic E-state index is 0.209. The first kappa shape index (κ1) is 15.0. The van der Waals surface area contributed by atoms with Crippen LogP contribution in [0.4, 0.5) is 0 Å². The lowest BCUT2D eigenvalue weighted by atomic mass is 10.0. The molecule has 1 atom stereocenters. The lowest BCUT2D eigenvalue weighted by Gasteiger charge is -2.30. The molecule has 0 aliphatic carbocycles. The molecule has 0 saturated heterocycles. The molecule has 102 valence electrons. The highest BCUT2D eigenvalue weighted by Crippen LogP contribution is 2.23. The van der Waals surface area contributed by atoms with E-state index in [4.69, 9.17) is 15.2 Å². The Hall–Kier alpha value is -1.10. The molecule has 0 radical (unpaired) electrons. The van der Waals surface area contributed by atoms with Crippen LogP contribution in [-0.2, 0) is 4.74 Å². The van der Waals surface area contributed by atoms with Gasteiger partial charge in [0, 0.05) is 26.2 Å². The molecule has 0 aliphatic rings. The van der Waals surface area contributed by atoms with Crippen molar-refractivity contribution in [1.82, 2.24) is 4.90 Å². The van der Waals surface area contributed by atoms with Gasteiger partial charge in [0.25, 0.3) is 0 Å². The van der Waals surface area contributed by atoms with E-state index in [0.29, 0.717) is 13.2 Å². The summed E-state index contributed by atoms with van der Waals surface area (Å²) in [6, 6.07) is 8.30. The third kappa shape index (κ3) is 3.98. The van der Waals surface area contributed by atoms with Crippen LogP contribution in [0.1, 0.15) is 18.5 Å². The summed E-state index contributed by atoms with van der Waals surface area (Å²) in [5, 5.41) is 0. The molecule has 0 spiro atoms. The van der Waals surface area contributed by atoms with Gasteiger partial charge in [0.05, 0.1) is 13.7 Å². The molecule has 18 heavy (non-hydrogen) atoms. The smallest absolute Gasteiger partial charge is 0.119 e. The Kier molecular flexibility index (Phi) is 6.72. The van der Waals surface area contributed by atoms with E-state index in [1.807, 2.05) is 18.2 Å². The van der Waals surface area contributed by atoms with Crippen molar-refractivity contribution < 1.29 is 9.47 Å². The second-order valence-corrected chi connectivity index (χ2v) is 4.15. The predicted molar refractivity (Wildman–Crippen MR) is 73.9 cm³/mol. The van der Waals surface area contributed by atoms with Crippen LogP contribution in [0.5, 0.6) is 5.75 Å². The van der Waals surface area contributed by atoms with Gasteiger partial charge < -0.3 is 15.2 Å². The fourth-order valence-corrected chi connectivity index (χ4v) is 2.09. The fraction of sp³-hybridized carbons (Fsp3) is 0.571. The van der Waals surface area contributed by atoms with Crippen molar-refractivity contribution in [3.05, 3.63) is 29.8 Å². The number of benzene rings is 1. The van der Waals surface area contributed by atoms with Gasteiger partial charge in [-0.05, 0) is 24.2 Å². The average Bonchev–Trinajstić information content (AvgIpc) is 2.43. The summed E-state index contributed by atoms with van der Waals surface area (Å²) >= 11 is 0. The number of hydrogen-bond acceptors (Lipinski definition) is 4. The van der Waals surface area contributed by atoms with Crippen LogP contribution in [0, 0.1) is 0 Å². The van der Waals surface area contributed by atoms with Crippen molar-refractivity contribution in [3.63, 3.8) is 0 Å². The second kappa shape index (κ2) is 8.08. The minimum absolute atomic E-state index is 0.209. The topological polar surface area (TPSA) is 47.7 Å². The molecule has 0 aromatic heterocycles. The van der Waals surface area contributed by atoms with E-state index in [-0.39, 0.29) is 6.04 Å². The average molecular weight is 252 g/mol. The molecule has 4 heteroatoms. The largest absolute Gasteiger partial charge is 0.497 e. The third-order valence-corrected chi connectivity index (χ3v) is 3.13. The number of nitrogens with zero attached hydrogens (tertiary/aromatic N) is 1. The number of methoxy groups -OCH3 is 2. The van der Waals surface area contributed by atoms with E-state index in [0.717, 1.165) is 18.8 Å². The van der Waals surface area contributed by atoms with Gasteiger partial charge in [-0.1, -0.05) is 19.1 Å². The van der Waals surface area contributed by atoms with E-state index in [2.05, 4.69) is 17.9 Å². The Morgan fingerprint density at radius 1 is 1.33 bits per heavy atom. The Balaban J connectivity index is 2.84. The summed E-state index contributed by atoms with van der Waals surface area (Å²) in [4.78, 5) is 2.32. The van der Waals surface area contributed by atoms with E-state index in [9.17, 15) is 0 Å². The third-order valence-electron chi connectivity index (χ3n) is 3.13. The first-order chi connectivity index (χ1) is 8.76. The predicted octanol–water partition coefficient (Wildman–Crippen LogP) is 1.66. The van der Waals surface area contributed by atoms with Gasteiger partial charge in [-0.25, -0.2) is 0 Å². The zero-order valence-electron chi connectivity index (χ0n) is 11.6. The zero-order valence-corrected chi connectivity index (χ0v) is 11.6. The SMILES string of the molecule is CCN(CCOC)C(CN)c1cccc(OC)c1. The molecule has 0 bridgehead atoms. The lowest BCUT2D eigenvalue weighted by Crippen LogP contribution is -2.36. The molecule has 1 aromatic carbocycles. The van der Waals surface area contributed by atoms with Crippen molar-refractivity contribution >= 4 is 0 Å². The molecule has 0 heterocycles. The first-order valence-corrected chi connectivity index (χ1v) is 6.33. The Labute approximate surface area is 110 Å². The molecular formula is C14H24N2O2.